The first-order valence-corrected chi connectivity index (χ1v) is 9.18. The van der Waals surface area contributed by atoms with Gasteiger partial charge in [0, 0.05) is 12.6 Å². The topological polar surface area (TPSA) is 92.8 Å². The summed E-state index contributed by atoms with van der Waals surface area (Å²) in [7, 11) is 0. The van der Waals surface area contributed by atoms with Gasteiger partial charge in [-0.2, -0.15) is 5.26 Å². The van der Waals surface area contributed by atoms with Crippen molar-refractivity contribution in [3.8, 4) is 11.8 Å². The molecular weight excluding hydrogens is 385 g/mol. The van der Waals surface area contributed by atoms with Crippen molar-refractivity contribution in [2.45, 2.75) is 25.3 Å². The van der Waals surface area contributed by atoms with Crippen molar-refractivity contribution in [3.05, 3.63) is 47.5 Å². The van der Waals surface area contributed by atoms with Gasteiger partial charge >= 0.3 is 0 Å². The van der Waals surface area contributed by atoms with Crippen LogP contribution in [-0.4, -0.2) is 34.1 Å². The fourth-order valence-electron chi connectivity index (χ4n) is 2.77. The molecule has 7 nitrogen and oxygen atoms in total. The fourth-order valence-corrected chi connectivity index (χ4v) is 2.89. The molecule has 0 aliphatic heterocycles. The van der Waals surface area contributed by atoms with E-state index in [9.17, 15) is 9.18 Å². The maximum atomic E-state index is 13.3. The first-order chi connectivity index (χ1) is 13.5. The number of rotatable bonds is 8. The van der Waals surface area contributed by atoms with Crippen LogP contribution in [0.1, 0.15) is 31.0 Å². The molecule has 0 bridgehead atoms. The Kier molecular flexibility index (Phi) is 6.26. The minimum atomic E-state index is -0.603. The molecule has 1 N–H and O–H groups in total. The van der Waals surface area contributed by atoms with Crippen LogP contribution in [-0.2, 0) is 4.79 Å². The second kappa shape index (κ2) is 8.85. The monoisotopic (exact) mass is 403 g/mol. The number of nitrogens with one attached hydrogen (secondary N) is 1. The third-order valence-corrected chi connectivity index (χ3v) is 4.86. The van der Waals surface area contributed by atoms with Crippen molar-refractivity contribution >= 4 is 23.1 Å². The van der Waals surface area contributed by atoms with E-state index < -0.39 is 5.82 Å². The van der Waals surface area contributed by atoms with Crippen LogP contribution < -0.4 is 10.1 Å². The molecule has 1 aliphatic carbocycles. The van der Waals surface area contributed by atoms with Crippen molar-refractivity contribution in [2.75, 3.05) is 13.2 Å². The number of carbonyl (C=O) groups is 1. The van der Waals surface area contributed by atoms with Crippen LogP contribution in [0.5, 0.6) is 5.75 Å². The highest BCUT2D eigenvalue weighted by Gasteiger charge is 2.31. The van der Waals surface area contributed by atoms with E-state index in [0.29, 0.717) is 18.7 Å². The molecule has 1 heterocycles. The Morgan fingerprint density at radius 2 is 2.29 bits per heavy atom. The molecule has 1 saturated carbocycles. The van der Waals surface area contributed by atoms with Crippen molar-refractivity contribution in [1.82, 2.24) is 20.3 Å². The van der Waals surface area contributed by atoms with E-state index in [1.54, 1.807) is 4.68 Å². The number of aromatic nitrogens is 3. The summed E-state index contributed by atoms with van der Waals surface area (Å²) >= 11 is 5.59. The van der Waals surface area contributed by atoms with Gasteiger partial charge in [-0.15, -0.1) is 5.10 Å². The van der Waals surface area contributed by atoms with E-state index in [4.69, 9.17) is 21.6 Å². The summed E-state index contributed by atoms with van der Waals surface area (Å²) in [5.41, 5.74) is 1.42. The highest BCUT2D eigenvalue weighted by atomic mass is 35.5. The summed E-state index contributed by atoms with van der Waals surface area (Å²) in [5.74, 6) is -0.604. The van der Waals surface area contributed by atoms with Crippen LogP contribution in [0, 0.1) is 23.1 Å². The SMILES string of the molecule is C=C(CCNC(=O)COc1ccc(Cl)c(F)c1)c1cn([C@H]2C[C@@H](C#N)C2)nn1. The van der Waals surface area contributed by atoms with Crippen LogP contribution in [0.25, 0.3) is 5.57 Å². The van der Waals surface area contributed by atoms with Gasteiger partial charge in [0.25, 0.3) is 5.91 Å². The van der Waals surface area contributed by atoms with Gasteiger partial charge in [0.2, 0.25) is 0 Å². The van der Waals surface area contributed by atoms with Crippen LogP contribution >= 0.6 is 11.6 Å². The number of carbonyl (C=O) groups excluding carboxylic acids is 1. The van der Waals surface area contributed by atoms with Gasteiger partial charge in [0.05, 0.1) is 29.2 Å². The number of ether oxygens (including phenoxy) is 1. The van der Waals surface area contributed by atoms with E-state index in [1.165, 1.54) is 12.1 Å². The Morgan fingerprint density at radius 3 is 3.00 bits per heavy atom. The standard InChI is InChI=1S/C19H19ClFN5O2/c1-12(18-10-26(25-24-18)14-6-13(7-14)9-22)4-5-23-19(27)11-28-15-2-3-16(20)17(21)8-15/h2-3,8,10,13-14H,1,4-7,11H2,(H,23,27)/t13-,14+. The minimum Gasteiger partial charge on any atom is -0.484 e. The van der Waals surface area contributed by atoms with Crippen LogP contribution in [0.4, 0.5) is 4.39 Å². The zero-order valence-electron chi connectivity index (χ0n) is 15.1. The van der Waals surface area contributed by atoms with Gasteiger partial charge < -0.3 is 10.1 Å². The van der Waals surface area contributed by atoms with Crippen molar-refractivity contribution in [2.24, 2.45) is 5.92 Å². The number of nitriles is 1. The molecule has 2 aromatic rings. The second-order valence-corrected chi connectivity index (χ2v) is 7.01. The molecule has 0 spiro atoms. The Labute approximate surface area is 166 Å². The normalized spacial score (nSPS) is 18.0. The third-order valence-electron chi connectivity index (χ3n) is 4.55. The molecular formula is C19H19ClFN5O2. The van der Waals surface area contributed by atoms with Crippen LogP contribution in [0.3, 0.4) is 0 Å². The number of amides is 1. The molecule has 146 valence electrons. The number of nitrogens with zero attached hydrogens (tertiary/aromatic N) is 4. The molecule has 3 rings (SSSR count). The zero-order chi connectivity index (χ0) is 20.1. The maximum Gasteiger partial charge on any atom is 0.257 e. The summed E-state index contributed by atoms with van der Waals surface area (Å²) in [4.78, 5) is 11.8. The zero-order valence-corrected chi connectivity index (χ0v) is 15.8. The molecule has 1 aliphatic rings. The fraction of sp³-hybridized carbons (Fsp3) is 0.368. The third kappa shape index (κ3) is 4.87. The van der Waals surface area contributed by atoms with E-state index in [1.807, 2.05) is 6.20 Å². The first kappa shape index (κ1) is 19.8. The summed E-state index contributed by atoms with van der Waals surface area (Å²) in [6.07, 6.45) is 3.91. The summed E-state index contributed by atoms with van der Waals surface area (Å²) in [6, 6.07) is 6.44. The van der Waals surface area contributed by atoms with E-state index in [0.717, 1.165) is 24.5 Å². The second-order valence-electron chi connectivity index (χ2n) is 6.60. The Morgan fingerprint density at radius 1 is 1.50 bits per heavy atom. The molecule has 1 aromatic heterocycles. The lowest BCUT2D eigenvalue weighted by atomic mass is 9.81. The van der Waals surface area contributed by atoms with Gasteiger partial charge in [0.1, 0.15) is 17.3 Å². The van der Waals surface area contributed by atoms with Gasteiger partial charge in [-0.1, -0.05) is 23.4 Å². The van der Waals surface area contributed by atoms with Gasteiger partial charge in [-0.3, -0.25) is 4.79 Å². The average Bonchev–Trinajstić information content (AvgIpc) is 3.11. The molecule has 0 unspecified atom stereocenters. The lowest BCUT2D eigenvalue weighted by Crippen LogP contribution is -2.29. The van der Waals surface area contributed by atoms with Crippen LogP contribution in [0.2, 0.25) is 5.02 Å². The largest absolute Gasteiger partial charge is 0.484 e. The van der Waals surface area contributed by atoms with Gasteiger partial charge in [-0.25, -0.2) is 9.07 Å². The Balaban J connectivity index is 1.38. The lowest BCUT2D eigenvalue weighted by Gasteiger charge is -2.29. The highest BCUT2D eigenvalue weighted by Crippen LogP contribution is 2.36. The van der Waals surface area contributed by atoms with Crippen molar-refractivity contribution in [3.63, 3.8) is 0 Å². The quantitative estimate of drug-likeness (QED) is 0.730. The number of hydrogen-bond donors (Lipinski definition) is 1. The smallest absolute Gasteiger partial charge is 0.257 e. The molecule has 1 fully saturated rings. The number of halogens is 2. The van der Waals surface area contributed by atoms with Gasteiger partial charge in [0.15, 0.2) is 6.61 Å². The van der Waals surface area contributed by atoms with Crippen LogP contribution in [0.15, 0.2) is 31.0 Å². The molecule has 1 aromatic carbocycles. The molecule has 0 atom stereocenters. The summed E-state index contributed by atoms with van der Waals surface area (Å²) in [6.45, 7) is 4.11. The Bertz CT molecular complexity index is 917. The average molecular weight is 404 g/mol. The summed E-state index contributed by atoms with van der Waals surface area (Å²) < 4.78 is 20.3. The Hall–Kier alpha value is -2.92. The van der Waals surface area contributed by atoms with E-state index >= 15 is 0 Å². The maximum absolute atomic E-state index is 13.3. The predicted octanol–water partition coefficient (Wildman–Crippen LogP) is 3.14. The number of benzene rings is 1. The van der Waals surface area contributed by atoms with Crippen molar-refractivity contribution in [1.29, 1.82) is 5.26 Å². The molecule has 28 heavy (non-hydrogen) atoms. The van der Waals surface area contributed by atoms with Gasteiger partial charge in [-0.05, 0) is 37.0 Å². The molecule has 0 saturated heterocycles. The molecule has 0 radical (unpaired) electrons. The molecule has 1 amide bonds. The summed E-state index contributed by atoms with van der Waals surface area (Å²) in [5, 5.41) is 19.7. The minimum absolute atomic E-state index is 0.00515. The highest BCUT2D eigenvalue weighted by molar-refractivity contribution is 6.30. The predicted molar refractivity (Wildman–Crippen MR) is 101 cm³/mol. The number of hydrogen-bond acceptors (Lipinski definition) is 5. The van der Waals surface area contributed by atoms with E-state index in [2.05, 4.69) is 28.3 Å². The first-order valence-electron chi connectivity index (χ1n) is 8.80. The lowest BCUT2D eigenvalue weighted by molar-refractivity contribution is -0.123. The molecule has 9 heteroatoms. The van der Waals surface area contributed by atoms with E-state index in [-0.39, 0.29) is 35.2 Å². The van der Waals surface area contributed by atoms with Crippen molar-refractivity contribution < 1.29 is 13.9 Å².